The average Bonchev–Trinajstić information content (AvgIpc) is 2.37. The van der Waals surface area contributed by atoms with E-state index in [1.807, 2.05) is 6.07 Å². The zero-order valence-corrected chi connectivity index (χ0v) is 12.5. The minimum absolute atomic E-state index is 0.148. The molecule has 0 saturated carbocycles. The molecule has 98 valence electrons. The first-order valence-corrected chi connectivity index (χ1v) is 7.98. The van der Waals surface area contributed by atoms with Crippen LogP contribution in [0, 0.1) is 0 Å². The van der Waals surface area contributed by atoms with Crippen LogP contribution < -0.4 is 0 Å². The molecule has 4 nitrogen and oxygen atoms in total. The van der Waals surface area contributed by atoms with Crippen molar-refractivity contribution in [2.24, 2.45) is 4.36 Å². The SMILES string of the molecule is CCOC(=O)/C(Br)=C/N=S(C)(=O)c1ccccc1. The van der Waals surface area contributed by atoms with Gasteiger partial charge in [-0.2, -0.15) is 0 Å². The van der Waals surface area contributed by atoms with E-state index < -0.39 is 15.7 Å². The van der Waals surface area contributed by atoms with Gasteiger partial charge in [0, 0.05) is 11.2 Å². The van der Waals surface area contributed by atoms with Crippen molar-refractivity contribution in [2.45, 2.75) is 11.8 Å². The Balaban J connectivity index is 3.00. The first-order chi connectivity index (χ1) is 8.47. The normalized spacial score (nSPS) is 14.7. The highest BCUT2D eigenvalue weighted by atomic mass is 79.9. The van der Waals surface area contributed by atoms with Crippen LogP contribution in [0.5, 0.6) is 0 Å². The molecule has 1 atom stereocenters. The molecule has 0 amide bonds. The van der Waals surface area contributed by atoms with E-state index in [-0.39, 0.29) is 11.1 Å². The highest BCUT2D eigenvalue weighted by molar-refractivity contribution is 9.12. The van der Waals surface area contributed by atoms with E-state index in [1.54, 1.807) is 31.2 Å². The summed E-state index contributed by atoms with van der Waals surface area (Å²) in [5.74, 6) is -0.524. The summed E-state index contributed by atoms with van der Waals surface area (Å²) < 4.78 is 21.2. The second kappa shape index (κ2) is 6.70. The summed E-state index contributed by atoms with van der Waals surface area (Å²) in [5, 5.41) is 0. The van der Waals surface area contributed by atoms with Crippen molar-refractivity contribution in [1.29, 1.82) is 0 Å². The maximum Gasteiger partial charge on any atom is 0.346 e. The van der Waals surface area contributed by atoms with E-state index in [2.05, 4.69) is 20.3 Å². The highest BCUT2D eigenvalue weighted by Crippen LogP contribution is 2.13. The minimum atomic E-state index is -2.54. The van der Waals surface area contributed by atoms with Gasteiger partial charge in [0.25, 0.3) is 0 Å². The van der Waals surface area contributed by atoms with Crippen LogP contribution in [0.15, 0.2) is 50.3 Å². The molecule has 6 heteroatoms. The zero-order valence-electron chi connectivity index (χ0n) is 10.1. The Morgan fingerprint density at radius 3 is 2.61 bits per heavy atom. The molecule has 0 aliphatic heterocycles. The van der Waals surface area contributed by atoms with Gasteiger partial charge >= 0.3 is 5.97 Å². The third kappa shape index (κ3) is 4.27. The van der Waals surface area contributed by atoms with Crippen LogP contribution in [0.3, 0.4) is 0 Å². The Morgan fingerprint density at radius 1 is 1.44 bits per heavy atom. The van der Waals surface area contributed by atoms with Crippen molar-refractivity contribution < 1.29 is 13.7 Å². The lowest BCUT2D eigenvalue weighted by atomic mass is 10.4. The van der Waals surface area contributed by atoms with Crippen LogP contribution in [0.25, 0.3) is 0 Å². The summed E-state index contributed by atoms with van der Waals surface area (Å²) in [6.07, 6.45) is 2.75. The molecule has 0 heterocycles. The number of carbonyl (C=O) groups excluding carboxylic acids is 1. The summed E-state index contributed by atoms with van der Waals surface area (Å²) in [5.41, 5.74) is 0. The molecule has 0 spiro atoms. The molecule has 0 aliphatic rings. The lowest BCUT2D eigenvalue weighted by molar-refractivity contribution is -0.137. The van der Waals surface area contributed by atoms with Gasteiger partial charge in [-0.3, -0.25) is 0 Å². The number of nitrogens with zero attached hydrogens (tertiary/aromatic N) is 1. The molecule has 1 unspecified atom stereocenters. The molecule has 0 bridgehead atoms. The fourth-order valence-electron chi connectivity index (χ4n) is 1.13. The molecule has 0 N–H and O–H groups in total. The summed E-state index contributed by atoms with van der Waals surface area (Å²) in [6.45, 7) is 1.99. The topological polar surface area (TPSA) is 55.7 Å². The maximum absolute atomic E-state index is 12.3. The average molecular weight is 332 g/mol. The Kier molecular flexibility index (Phi) is 5.55. The molecule has 18 heavy (non-hydrogen) atoms. The van der Waals surface area contributed by atoms with Crippen LogP contribution in [-0.2, 0) is 19.3 Å². The summed E-state index contributed by atoms with van der Waals surface area (Å²) in [6, 6.07) is 8.88. The molecule has 0 saturated heterocycles. The number of carbonyl (C=O) groups is 1. The minimum Gasteiger partial charge on any atom is -0.462 e. The second-order valence-electron chi connectivity index (χ2n) is 3.42. The Morgan fingerprint density at radius 2 is 2.06 bits per heavy atom. The third-order valence-corrected chi connectivity index (χ3v) is 4.20. The first kappa shape index (κ1) is 14.9. The Labute approximate surface area is 115 Å². The van der Waals surface area contributed by atoms with Crippen LogP contribution in [0.1, 0.15) is 6.92 Å². The van der Waals surface area contributed by atoms with Gasteiger partial charge in [0.2, 0.25) is 0 Å². The van der Waals surface area contributed by atoms with Gasteiger partial charge in [-0.1, -0.05) is 18.2 Å². The summed E-state index contributed by atoms with van der Waals surface area (Å²) in [4.78, 5) is 11.9. The van der Waals surface area contributed by atoms with E-state index in [0.29, 0.717) is 4.90 Å². The van der Waals surface area contributed by atoms with Crippen molar-refractivity contribution in [3.05, 3.63) is 41.0 Å². The molecule has 0 radical (unpaired) electrons. The molecular weight excluding hydrogens is 318 g/mol. The maximum atomic E-state index is 12.3. The standard InChI is InChI=1S/C12H14BrNO3S/c1-3-17-12(15)11(13)9-14-18(2,16)10-7-5-4-6-8-10/h4-9H,3H2,1-2H3/b11-9-. The fourth-order valence-corrected chi connectivity index (χ4v) is 2.58. The van der Waals surface area contributed by atoms with E-state index in [9.17, 15) is 9.00 Å². The predicted octanol–water partition coefficient (Wildman–Crippen LogP) is 2.94. The fraction of sp³-hybridized carbons (Fsp3) is 0.250. The van der Waals surface area contributed by atoms with Crippen molar-refractivity contribution in [2.75, 3.05) is 12.9 Å². The van der Waals surface area contributed by atoms with Gasteiger partial charge in [0.05, 0.1) is 22.5 Å². The zero-order chi connectivity index (χ0) is 13.6. The molecule has 1 rings (SSSR count). The van der Waals surface area contributed by atoms with Gasteiger partial charge < -0.3 is 4.74 Å². The second-order valence-corrected chi connectivity index (χ2v) is 6.56. The molecule has 1 aromatic carbocycles. The monoisotopic (exact) mass is 331 g/mol. The molecule has 0 aliphatic carbocycles. The van der Waals surface area contributed by atoms with E-state index >= 15 is 0 Å². The van der Waals surface area contributed by atoms with Gasteiger partial charge in [-0.05, 0) is 35.0 Å². The van der Waals surface area contributed by atoms with Gasteiger partial charge in [-0.25, -0.2) is 13.4 Å². The largest absolute Gasteiger partial charge is 0.462 e. The van der Waals surface area contributed by atoms with Crippen LogP contribution in [-0.4, -0.2) is 23.0 Å². The van der Waals surface area contributed by atoms with Crippen molar-refractivity contribution in [3.63, 3.8) is 0 Å². The van der Waals surface area contributed by atoms with E-state index in [4.69, 9.17) is 4.74 Å². The molecule has 0 fully saturated rings. The quantitative estimate of drug-likeness (QED) is 0.629. The van der Waals surface area contributed by atoms with Crippen molar-refractivity contribution in [3.8, 4) is 0 Å². The van der Waals surface area contributed by atoms with Crippen LogP contribution in [0.4, 0.5) is 0 Å². The van der Waals surface area contributed by atoms with Crippen LogP contribution in [0.2, 0.25) is 0 Å². The van der Waals surface area contributed by atoms with Gasteiger partial charge in [0.15, 0.2) is 0 Å². The van der Waals surface area contributed by atoms with Gasteiger partial charge in [-0.15, -0.1) is 0 Å². The van der Waals surface area contributed by atoms with Crippen LogP contribution >= 0.6 is 15.9 Å². The smallest absolute Gasteiger partial charge is 0.346 e. The number of benzene rings is 1. The number of ether oxygens (including phenoxy) is 1. The first-order valence-electron chi connectivity index (χ1n) is 5.26. The number of esters is 1. The Bertz CT molecular complexity index is 560. The molecule has 1 aromatic rings. The number of hydrogen-bond acceptors (Lipinski definition) is 4. The summed E-state index contributed by atoms with van der Waals surface area (Å²) >= 11 is 3.04. The lowest BCUT2D eigenvalue weighted by Gasteiger charge is -2.02. The van der Waals surface area contributed by atoms with E-state index in [0.717, 1.165) is 0 Å². The van der Waals surface area contributed by atoms with E-state index in [1.165, 1.54) is 12.5 Å². The third-order valence-electron chi connectivity index (χ3n) is 2.02. The Hall–Kier alpha value is -1.14. The molecule has 0 aromatic heterocycles. The lowest BCUT2D eigenvalue weighted by Crippen LogP contribution is -2.03. The van der Waals surface area contributed by atoms with Crippen molar-refractivity contribution in [1.82, 2.24) is 0 Å². The molecular formula is C12H14BrNO3S. The predicted molar refractivity (Wildman–Crippen MR) is 74.8 cm³/mol. The van der Waals surface area contributed by atoms with Crippen molar-refractivity contribution >= 4 is 31.6 Å². The number of hydrogen-bond donors (Lipinski definition) is 0. The number of rotatable bonds is 4. The highest BCUT2D eigenvalue weighted by Gasteiger charge is 2.08. The summed E-state index contributed by atoms with van der Waals surface area (Å²) in [7, 11) is -2.54. The number of halogens is 1. The van der Waals surface area contributed by atoms with Gasteiger partial charge in [0.1, 0.15) is 4.48 Å².